The second-order valence-corrected chi connectivity index (χ2v) is 8.52. The van der Waals surface area contributed by atoms with Crippen molar-refractivity contribution >= 4 is 16.6 Å². The van der Waals surface area contributed by atoms with Gasteiger partial charge in [0, 0.05) is 31.7 Å². The van der Waals surface area contributed by atoms with Crippen molar-refractivity contribution in [1.82, 2.24) is 9.80 Å². The van der Waals surface area contributed by atoms with Crippen LogP contribution in [0, 0.1) is 0 Å². The standard InChI is InChI=1S/C27H30N2O3/c30-27(24-11-10-21-6-4-5-9-23(21)20-24)26(29-14-18-32-19-15-29)25(22-7-2-1-3-8-22)28-12-16-31-17-13-28/h1-11,20,25-26H,12-19H2. The minimum Gasteiger partial charge on any atom is -0.379 e. The Hall–Kier alpha value is -2.57. The zero-order chi connectivity index (χ0) is 21.8. The molecule has 166 valence electrons. The van der Waals surface area contributed by atoms with Crippen LogP contribution in [0.3, 0.4) is 0 Å². The van der Waals surface area contributed by atoms with Gasteiger partial charge in [-0.05, 0) is 22.4 Å². The van der Waals surface area contributed by atoms with E-state index in [1.807, 2.05) is 30.3 Å². The number of fused-ring (bicyclic) bond motifs is 1. The number of benzene rings is 3. The topological polar surface area (TPSA) is 42.0 Å². The first kappa shape index (κ1) is 21.3. The zero-order valence-electron chi connectivity index (χ0n) is 18.4. The van der Waals surface area contributed by atoms with E-state index in [1.165, 1.54) is 5.56 Å². The summed E-state index contributed by atoms with van der Waals surface area (Å²) in [5, 5.41) is 2.25. The number of carbonyl (C=O) groups excluding carboxylic acids is 1. The van der Waals surface area contributed by atoms with E-state index < -0.39 is 0 Å². The molecule has 2 heterocycles. The normalized spacial score (nSPS) is 20.1. The Morgan fingerprint density at radius 3 is 1.97 bits per heavy atom. The van der Waals surface area contributed by atoms with Crippen molar-refractivity contribution < 1.29 is 14.3 Å². The summed E-state index contributed by atoms with van der Waals surface area (Å²) in [4.78, 5) is 19.0. The van der Waals surface area contributed by atoms with Crippen molar-refractivity contribution in [2.75, 3.05) is 52.6 Å². The molecule has 0 amide bonds. The van der Waals surface area contributed by atoms with E-state index in [-0.39, 0.29) is 17.9 Å². The molecule has 5 nitrogen and oxygen atoms in total. The summed E-state index contributed by atoms with van der Waals surface area (Å²) in [6.45, 7) is 5.89. The van der Waals surface area contributed by atoms with Crippen molar-refractivity contribution in [1.29, 1.82) is 0 Å². The van der Waals surface area contributed by atoms with Gasteiger partial charge in [-0.2, -0.15) is 0 Å². The highest BCUT2D eigenvalue weighted by molar-refractivity contribution is 6.03. The number of Topliss-reactive ketones (excluding diaryl/α,β-unsaturated/α-hetero) is 1. The van der Waals surface area contributed by atoms with E-state index >= 15 is 0 Å². The number of hydrogen-bond donors (Lipinski definition) is 0. The molecule has 32 heavy (non-hydrogen) atoms. The Bertz CT molecular complexity index is 1040. The lowest BCUT2D eigenvalue weighted by Crippen LogP contribution is -2.55. The molecule has 0 N–H and O–H groups in total. The second-order valence-electron chi connectivity index (χ2n) is 8.52. The monoisotopic (exact) mass is 430 g/mol. The van der Waals surface area contributed by atoms with Gasteiger partial charge in [0.25, 0.3) is 0 Å². The summed E-state index contributed by atoms with van der Waals surface area (Å²) in [7, 11) is 0. The Kier molecular flexibility index (Phi) is 6.60. The van der Waals surface area contributed by atoms with E-state index in [4.69, 9.17) is 9.47 Å². The van der Waals surface area contributed by atoms with Gasteiger partial charge in [-0.1, -0.05) is 66.7 Å². The Morgan fingerprint density at radius 2 is 1.28 bits per heavy atom. The number of morpholine rings is 2. The van der Waals surface area contributed by atoms with E-state index in [0.29, 0.717) is 26.4 Å². The molecule has 3 aromatic rings. The number of hydrogen-bond acceptors (Lipinski definition) is 5. The van der Waals surface area contributed by atoms with Gasteiger partial charge in [0.2, 0.25) is 0 Å². The van der Waals surface area contributed by atoms with Gasteiger partial charge in [0.1, 0.15) is 0 Å². The largest absolute Gasteiger partial charge is 0.379 e. The first-order chi connectivity index (χ1) is 15.8. The fraction of sp³-hybridized carbons (Fsp3) is 0.370. The molecule has 2 aliphatic heterocycles. The average molecular weight is 431 g/mol. The highest BCUT2D eigenvalue weighted by atomic mass is 16.5. The summed E-state index contributed by atoms with van der Waals surface area (Å²) >= 11 is 0. The molecule has 2 fully saturated rings. The lowest BCUT2D eigenvalue weighted by atomic mass is 9.89. The second kappa shape index (κ2) is 9.92. The predicted octanol–water partition coefficient (Wildman–Crippen LogP) is 3.80. The van der Waals surface area contributed by atoms with Gasteiger partial charge < -0.3 is 9.47 Å². The van der Waals surface area contributed by atoms with Crippen LogP contribution in [0.4, 0.5) is 0 Å². The lowest BCUT2D eigenvalue weighted by molar-refractivity contribution is -0.0301. The lowest BCUT2D eigenvalue weighted by Gasteiger charge is -2.44. The van der Waals surface area contributed by atoms with Crippen molar-refractivity contribution in [3.05, 3.63) is 83.9 Å². The van der Waals surface area contributed by atoms with Crippen LogP contribution in [0.1, 0.15) is 22.0 Å². The van der Waals surface area contributed by atoms with E-state index in [1.54, 1.807) is 0 Å². The number of rotatable bonds is 6. The third-order valence-corrected chi connectivity index (χ3v) is 6.62. The molecule has 5 rings (SSSR count). The quantitative estimate of drug-likeness (QED) is 0.557. The summed E-state index contributed by atoms with van der Waals surface area (Å²) < 4.78 is 11.3. The van der Waals surface area contributed by atoms with Gasteiger partial charge in [-0.25, -0.2) is 0 Å². The molecule has 0 radical (unpaired) electrons. The summed E-state index contributed by atoms with van der Waals surface area (Å²) in [6, 6.07) is 24.5. The molecular weight excluding hydrogens is 400 g/mol. The smallest absolute Gasteiger partial charge is 0.181 e. The van der Waals surface area contributed by atoms with E-state index in [0.717, 1.165) is 42.5 Å². The first-order valence-electron chi connectivity index (χ1n) is 11.5. The van der Waals surface area contributed by atoms with Gasteiger partial charge in [0.15, 0.2) is 5.78 Å². The zero-order valence-corrected chi connectivity index (χ0v) is 18.4. The average Bonchev–Trinajstić information content (AvgIpc) is 2.88. The maximum atomic E-state index is 14.2. The highest BCUT2D eigenvalue weighted by Crippen LogP contribution is 2.32. The fourth-order valence-electron chi connectivity index (χ4n) is 4.98. The molecular formula is C27H30N2O3. The van der Waals surface area contributed by atoms with Crippen LogP contribution in [-0.2, 0) is 9.47 Å². The maximum Gasteiger partial charge on any atom is 0.181 e. The molecule has 3 aromatic carbocycles. The number of nitrogens with zero attached hydrogens (tertiary/aromatic N) is 2. The molecule has 2 atom stereocenters. The number of ketones is 1. The predicted molar refractivity (Wildman–Crippen MR) is 126 cm³/mol. The van der Waals surface area contributed by atoms with E-state index in [2.05, 4.69) is 52.3 Å². The third kappa shape index (κ3) is 4.48. The summed E-state index contributed by atoms with van der Waals surface area (Å²) in [5.41, 5.74) is 1.95. The Morgan fingerprint density at radius 1 is 0.688 bits per heavy atom. The third-order valence-electron chi connectivity index (χ3n) is 6.62. The van der Waals surface area contributed by atoms with Gasteiger partial charge in [0.05, 0.1) is 38.5 Å². The Labute approximate surface area is 189 Å². The van der Waals surface area contributed by atoms with Gasteiger partial charge in [-0.3, -0.25) is 14.6 Å². The summed E-state index contributed by atoms with van der Waals surface area (Å²) in [6.07, 6.45) is 0. The first-order valence-corrected chi connectivity index (χ1v) is 11.5. The maximum absolute atomic E-state index is 14.2. The molecule has 2 aliphatic rings. The Balaban J connectivity index is 1.57. The summed E-state index contributed by atoms with van der Waals surface area (Å²) in [5.74, 6) is 0.179. The van der Waals surface area contributed by atoms with Crippen LogP contribution in [-0.4, -0.2) is 74.2 Å². The SMILES string of the molecule is O=C(c1ccc2ccccc2c1)C(C(c1ccccc1)N1CCOCC1)N1CCOCC1. The van der Waals surface area contributed by atoms with E-state index in [9.17, 15) is 4.79 Å². The van der Waals surface area contributed by atoms with Crippen molar-refractivity contribution in [2.24, 2.45) is 0 Å². The molecule has 2 unspecified atom stereocenters. The van der Waals surface area contributed by atoms with Crippen molar-refractivity contribution in [2.45, 2.75) is 12.1 Å². The van der Waals surface area contributed by atoms with Crippen LogP contribution >= 0.6 is 0 Å². The molecule has 0 aliphatic carbocycles. The van der Waals surface area contributed by atoms with Crippen LogP contribution in [0.2, 0.25) is 0 Å². The minimum atomic E-state index is -0.277. The number of ether oxygens (including phenoxy) is 2. The molecule has 0 spiro atoms. The minimum absolute atomic E-state index is 0.0304. The van der Waals surface area contributed by atoms with Crippen molar-refractivity contribution in [3.63, 3.8) is 0 Å². The molecule has 2 saturated heterocycles. The molecule has 0 bridgehead atoms. The van der Waals surface area contributed by atoms with Crippen LogP contribution in [0.25, 0.3) is 10.8 Å². The molecule has 0 saturated carbocycles. The van der Waals surface area contributed by atoms with Crippen LogP contribution < -0.4 is 0 Å². The highest BCUT2D eigenvalue weighted by Gasteiger charge is 2.39. The fourth-order valence-corrected chi connectivity index (χ4v) is 4.98. The van der Waals surface area contributed by atoms with Crippen LogP contribution in [0.5, 0.6) is 0 Å². The molecule has 0 aromatic heterocycles. The van der Waals surface area contributed by atoms with Gasteiger partial charge >= 0.3 is 0 Å². The van der Waals surface area contributed by atoms with Gasteiger partial charge in [-0.15, -0.1) is 0 Å². The number of carbonyl (C=O) groups is 1. The van der Waals surface area contributed by atoms with Crippen LogP contribution in [0.15, 0.2) is 72.8 Å². The van der Waals surface area contributed by atoms with Crippen molar-refractivity contribution in [3.8, 4) is 0 Å². The molecule has 5 heteroatoms.